The van der Waals surface area contributed by atoms with Gasteiger partial charge in [-0.25, -0.2) is 9.29 Å². The topological polar surface area (TPSA) is 63.7 Å². The summed E-state index contributed by atoms with van der Waals surface area (Å²) in [6.07, 6.45) is 19.1. The maximum atomic E-state index is 13.0. The van der Waals surface area contributed by atoms with Gasteiger partial charge in [0.05, 0.1) is 12.3 Å². The molecule has 0 N–H and O–H groups in total. The molecule has 0 aliphatic carbocycles. The second kappa shape index (κ2) is 17.0. The summed E-state index contributed by atoms with van der Waals surface area (Å²) in [5, 5.41) is 0. The molecule has 1 aliphatic heterocycles. The first kappa shape index (κ1) is 31.6. The summed E-state index contributed by atoms with van der Waals surface area (Å²) < 4.78 is 18.9. The molecule has 43 heavy (non-hydrogen) atoms. The number of carbonyl (C=O) groups is 3. The first-order chi connectivity index (χ1) is 21.0. The number of allylic oxidation sites excluding steroid dienone is 1. The number of ketones is 1. The van der Waals surface area contributed by atoms with E-state index in [1.54, 1.807) is 6.08 Å². The van der Waals surface area contributed by atoms with E-state index in [2.05, 4.69) is 0 Å². The summed E-state index contributed by atoms with van der Waals surface area (Å²) >= 11 is 0. The zero-order valence-corrected chi connectivity index (χ0v) is 24.7. The van der Waals surface area contributed by atoms with E-state index >= 15 is 0 Å². The number of aryl methyl sites for hydroxylation is 1. The van der Waals surface area contributed by atoms with Crippen LogP contribution in [0.3, 0.4) is 0 Å². The summed E-state index contributed by atoms with van der Waals surface area (Å²) in [6.45, 7) is 0.701. The average molecular weight is 582 g/mol. The fourth-order valence-electron chi connectivity index (χ4n) is 5.06. The van der Waals surface area contributed by atoms with Crippen LogP contribution in [-0.4, -0.2) is 24.2 Å². The lowest BCUT2D eigenvalue weighted by molar-refractivity contribution is -0.119. The molecule has 1 aliphatic rings. The molecule has 2 amide bonds. The lowest BCUT2D eigenvalue weighted by atomic mass is 10.0. The Labute approximate surface area is 254 Å². The number of anilines is 1. The highest BCUT2D eigenvalue weighted by Gasteiger charge is 2.24. The van der Waals surface area contributed by atoms with Crippen LogP contribution in [-0.2, 0) is 16.0 Å². The fourth-order valence-corrected chi connectivity index (χ4v) is 5.06. The number of halogens is 1. The zero-order chi connectivity index (χ0) is 30.3. The first-order valence-electron chi connectivity index (χ1n) is 15.4. The zero-order valence-electron chi connectivity index (χ0n) is 24.7. The summed E-state index contributed by atoms with van der Waals surface area (Å²) in [5.74, 6) is -0.251. The normalized spacial score (nSPS) is 12.9. The van der Waals surface area contributed by atoms with E-state index < -0.39 is 0 Å². The quantitative estimate of drug-likeness (QED) is 0.0653. The lowest BCUT2D eigenvalue weighted by Crippen LogP contribution is -2.29. The van der Waals surface area contributed by atoms with Gasteiger partial charge in [-0.3, -0.25) is 14.4 Å². The number of rotatable bonds is 18. The molecular formula is C37H40FNO4. The number of hydrogen-bond donors (Lipinski definition) is 0. The number of amides is 2. The molecule has 5 nitrogen and oxygen atoms in total. The maximum Gasteiger partial charge on any atom is 0.258 e. The largest absolute Gasteiger partial charge is 0.494 e. The monoisotopic (exact) mass is 581 g/mol. The second-order valence-electron chi connectivity index (χ2n) is 10.9. The molecule has 0 unspecified atom stereocenters. The second-order valence-corrected chi connectivity index (χ2v) is 10.9. The number of imide groups is 1. The van der Waals surface area contributed by atoms with Gasteiger partial charge in [0.1, 0.15) is 11.6 Å². The van der Waals surface area contributed by atoms with E-state index in [0.717, 1.165) is 30.6 Å². The maximum absolute atomic E-state index is 13.0. The predicted octanol–water partition coefficient (Wildman–Crippen LogP) is 8.67. The predicted molar refractivity (Wildman–Crippen MR) is 170 cm³/mol. The van der Waals surface area contributed by atoms with Crippen molar-refractivity contribution >= 4 is 29.4 Å². The van der Waals surface area contributed by atoms with Gasteiger partial charge in [0.15, 0.2) is 5.78 Å². The molecule has 0 aromatic heterocycles. The molecule has 0 bridgehead atoms. The molecule has 3 aromatic rings. The van der Waals surface area contributed by atoms with Crippen LogP contribution in [0.25, 0.3) is 6.08 Å². The summed E-state index contributed by atoms with van der Waals surface area (Å²) in [5.41, 5.74) is 3.23. The lowest BCUT2D eigenvalue weighted by Gasteiger charge is -2.14. The molecule has 6 heteroatoms. The summed E-state index contributed by atoms with van der Waals surface area (Å²) in [7, 11) is 0. The first-order valence-corrected chi connectivity index (χ1v) is 15.4. The standard InChI is InChI=1S/C37H40FNO4/c38-32-19-17-31(18-20-32)35(40)25-16-30-14-23-34(24-15-30)43-28-10-8-6-4-2-1-3-5-7-9-11-29-12-21-33(22-13-29)39-36(41)26-27-37(39)42/h12-27H,1-11,28H2. The van der Waals surface area contributed by atoms with Gasteiger partial charge >= 0.3 is 0 Å². The minimum Gasteiger partial charge on any atom is -0.494 e. The molecule has 4 rings (SSSR count). The number of benzene rings is 3. The van der Waals surface area contributed by atoms with E-state index in [-0.39, 0.29) is 23.4 Å². The average Bonchev–Trinajstić information content (AvgIpc) is 3.36. The molecule has 3 aromatic carbocycles. The van der Waals surface area contributed by atoms with Gasteiger partial charge in [-0.2, -0.15) is 0 Å². The Morgan fingerprint density at radius 2 is 1.23 bits per heavy atom. The highest BCUT2D eigenvalue weighted by Crippen LogP contribution is 2.21. The van der Waals surface area contributed by atoms with Crippen molar-refractivity contribution in [3.63, 3.8) is 0 Å². The Balaban J connectivity index is 0.964. The Morgan fingerprint density at radius 3 is 1.84 bits per heavy atom. The van der Waals surface area contributed by atoms with Crippen LogP contribution in [0.5, 0.6) is 5.75 Å². The molecule has 1 heterocycles. The van der Waals surface area contributed by atoms with E-state index in [1.165, 1.54) is 104 Å². The van der Waals surface area contributed by atoms with Crippen LogP contribution in [0.4, 0.5) is 10.1 Å². The van der Waals surface area contributed by atoms with E-state index in [4.69, 9.17) is 4.74 Å². The van der Waals surface area contributed by atoms with Crippen LogP contribution >= 0.6 is 0 Å². The number of nitrogens with zero attached hydrogens (tertiary/aromatic N) is 1. The van der Waals surface area contributed by atoms with Gasteiger partial charge in [-0.05, 0) is 85.0 Å². The third-order valence-corrected chi connectivity index (χ3v) is 7.57. The van der Waals surface area contributed by atoms with Crippen molar-refractivity contribution < 1.29 is 23.5 Å². The molecule has 0 spiro atoms. The fraction of sp³-hybridized carbons (Fsp3) is 0.324. The van der Waals surface area contributed by atoms with Crippen molar-refractivity contribution in [3.8, 4) is 5.75 Å². The highest BCUT2D eigenvalue weighted by molar-refractivity contribution is 6.28. The van der Waals surface area contributed by atoms with Gasteiger partial charge < -0.3 is 4.74 Å². The molecular weight excluding hydrogens is 541 g/mol. The molecule has 0 radical (unpaired) electrons. The highest BCUT2D eigenvalue weighted by atomic mass is 19.1. The van der Waals surface area contributed by atoms with Gasteiger partial charge in [-0.15, -0.1) is 0 Å². The SMILES string of the molecule is O=C(C=Cc1ccc(OCCCCCCCCCCCCc2ccc(N3C(=O)C=CC3=O)cc2)cc1)c1ccc(F)cc1. The summed E-state index contributed by atoms with van der Waals surface area (Å²) in [4.78, 5) is 37.0. The number of ether oxygens (including phenoxy) is 1. The van der Waals surface area contributed by atoms with Crippen molar-refractivity contribution in [2.24, 2.45) is 0 Å². The van der Waals surface area contributed by atoms with E-state index in [1.807, 2.05) is 48.5 Å². The van der Waals surface area contributed by atoms with E-state index in [0.29, 0.717) is 17.9 Å². The van der Waals surface area contributed by atoms with Gasteiger partial charge in [0.2, 0.25) is 0 Å². The number of unbranched alkanes of at least 4 members (excludes halogenated alkanes) is 9. The van der Waals surface area contributed by atoms with E-state index in [9.17, 15) is 18.8 Å². The van der Waals surface area contributed by atoms with Crippen LogP contribution in [0.15, 0.2) is 91.0 Å². The van der Waals surface area contributed by atoms with Crippen molar-refractivity contribution in [3.05, 3.63) is 114 Å². The third kappa shape index (κ3) is 10.5. The number of hydrogen-bond acceptors (Lipinski definition) is 4. The third-order valence-electron chi connectivity index (χ3n) is 7.57. The minimum atomic E-state index is -0.357. The van der Waals surface area contributed by atoms with Crippen LogP contribution < -0.4 is 9.64 Å². The van der Waals surface area contributed by atoms with Crippen molar-refractivity contribution in [1.82, 2.24) is 0 Å². The Bertz CT molecular complexity index is 1370. The smallest absolute Gasteiger partial charge is 0.258 e. The summed E-state index contributed by atoms with van der Waals surface area (Å²) in [6, 6.07) is 20.9. The Hall–Kier alpha value is -4.32. The van der Waals surface area contributed by atoms with Crippen molar-refractivity contribution in [1.29, 1.82) is 0 Å². The van der Waals surface area contributed by atoms with Crippen molar-refractivity contribution in [2.75, 3.05) is 11.5 Å². The van der Waals surface area contributed by atoms with Crippen molar-refractivity contribution in [2.45, 2.75) is 70.6 Å². The van der Waals surface area contributed by atoms with Gasteiger partial charge in [0, 0.05) is 17.7 Å². The Kier molecular flexibility index (Phi) is 12.5. The molecule has 0 saturated heterocycles. The van der Waals surface area contributed by atoms with Gasteiger partial charge in [-0.1, -0.05) is 81.7 Å². The Morgan fingerprint density at radius 1 is 0.674 bits per heavy atom. The van der Waals surface area contributed by atoms with Crippen LogP contribution in [0, 0.1) is 5.82 Å². The molecule has 0 fully saturated rings. The molecule has 224 valence electrons. The molecule has 0 saturated carbocycles. The number of carbonyl (C=O) groups excluding carboxylic acids is 3. The minimum absolute atomic E-state index is 0.160. The molecule has 0 atom stereocenters. The van der Waals surface area contributed by atoms with Gasteiger partial charge in [0.25, 0.3) is 11.8 Å². The van der Waals surface area contributed by atoms with Crippen LogP contribution in [0.1, 0.15) is 85.7 Å². The van der Waals surface area contributed by atoms with Crippen LogP contribution in [0.2, 0.25) is 0 Å².